The third-order valence-electron chi connectivity index (χ3n) is 7.04. The number of amides is 2. The summed E-state index contributed by atoms with van der Waals surface area (Å²) in [7, 11) is 0. The van der Waals surface area contributed by atoms with E-state index in [1.165, 1.54) is 24.3 Å². The first-order valence-corrected chi connectivity index (χ1v) is 10.0. The van der Waals surface area contributed by atoms with E-state index in [1.54, 1.807) is 24.3 Å². The monoisotopic (exact) mass is 413 g/mol. The van der Waals surface area contributed by atoms with Gasteiger partial charge in [0.1, 0.15) is 11.2 Å². The third kappa shape index (κ3) is 1.97. The van der Waals surface area contributed by atoms with Crippen molar-refractivity contribution in [3.63, 3.8) is 0 Å². The summed E-state index contributed by atoms with van der Waals surface area (Å²) in [6.07, 6.45) is 0. The van der Waals surface area contributed by atoms with Crippen LogP contribution in [0, 0.1) is 17.7 Å². The topological polar surface area (TPSA) is 74.7 Å². The molecule has 3 aromatic carbocycles. The number of hydrogen-bond donors (Lipinski definition) is 1. The predicted octanol–water partition coefficient (Wildman–Crippen LogP) is 3.46. The van der Waals surface area contributed by atoms with Gasteiger partial charge in [0.2, 0.25) is 11.8 Å². The molecule has 7 rings (SSSR count). The molecule has 2 bridgehead atoms. The number of carboxylic acid groups (broad SMARTS) is 1. The van der Waals surface area contributed by atoms with Gasteiger partial charge in [0.25, 0.3) is 0 Å². The molecule has 2 amide bonds. The summed E-state index contributed by atoms with van der Waals surface area (Å²) in [6.45, 7) is 0. The Morgan fingerprint density at radius 1 is 0.839 bits per heavy atom. The summed E-state index contributed by atoms with van der Waals surface area (Å²) in [6, 6.07) is 19.5. The summed E-state index contributed by atoms with van der Waals surface area (Å²) in [5.74, 6) is -4.96. The Labute approximate surface area is 176 Å². The maximum Gasteiger partial charge on any atom is 0.319 e. The average Bonchev–Trinajstić information content (AvgIpc) is 3.05. The zero-order valence-corrected chi connectivity index (χ0v) is 16.2. The first-order valence-electron chi connectivity index (χ1n) is 10.0. The number of carboxylic acids is 1. The van der Waals surface area contributed by atoms with Gasteiger partial charge in [-0.25, -0.2) is 9.29 Å². The minimum absolute atomic E-state index is 0.249. The zero-order chi connectivity index (χ0) is 21.5. The predicted molar refractivity (Wildman–Crippen MR) is 109 cm³/mol. The maximum absolute atomic E-state index is 13.7. The largest absolute Gasteiger partial charge is 0.480 e. The molecule has 5 nitrogen and oxygen atoms in total. The standard InChI is InChI=1S/C25H16FNO4/c26-13-9-11-14(12-10-13)27-22(28)20-19-15-5-1-3-7-17(15)25(24(30)31,21(20)23(27)29)18-8-4-2-6-16(18)19/h1-12,19-21H,(H,30,31)/t19?,20-,21-,25?/m1/s1. The highest BCUT2D eigenvalue weighted by atomic mass is 19.1. The second-order valence-corrected chi connectivity index (χ2v) is 8.26. The van der Waals surface area contributed by atoms with Crippen molar-refractivity contribution in [2.75, 3.05) is 4.90 Å². The van der Waals surface area contributed by atoms with Crippen LogP contribution in [-0.2, 0) is 19.8 Å². The van der Waals surface area contributed by atoms with Crippen LogP contribution in [0.1, 0.15) is 28.2 Å². The molecule has 2 atom stereocenters. The molecule has 0 saturated carbocycles. The van der Waals surface area contributed by atoms with E-state index in [2.05, 4.69) is 0 Å². The van der Waals surface area contributed by atoms with Crippen LogP contribution >= 0.6 is 0 Å². The Morgan fingerprint density at radius 2 is 1.39 bits per heavy atom. The number of carbonyl (C=O) groups excluding carboxylic acids is 2. The number of carbonyl (C=O) groups is 3. The molecular weight excluding hydrogens is 397 g/mol. The fourth-order valence-corrected chi connectivity index (χ4v) is 5.98. The fraction of sp³-hybridized carbons (Fsp3) is 0.160. The number of rotatable bonds is 2. The van der Waals surface area contributed by atoms with Crippen LogP contribution < -0.4 is 4.90 Å². The van der Waals surface area contributed by atoms with Crippen LogP contribution in [0.2, 0.25) is 0 Å². The summed E-state index contributed by atoms with van der Waals surface area (Å²) in [5.41, 5.74) is 1.26. The van der Waals surface area contributed by atoms with Crippen LogP contribution in [0.5, 0.6) is 0 Å². The molecule has 0 unspecified atom stereocenters. The van der Waals surface area contributed by atoms with Gasteiger partial charge in [-0.15, -0.1) is 0 Å². The Bertz CT molecular complexity index is 1250. The number of imide groups is 1. The first kappa shape index (κ1) is 18.0. The second kappa shape index (κ2) is 5.88. The highest BCUT2D eigenvalue weighted by molar-refractivity contribution is 6.25. The van der Waals surface area contributed by atoms with Crippen molar-refractivity contribution in [2.45, 2.75) is 11.3 Å². The molecule has 3 aromatic rings. The highest BCUT2D eigenvalue weighted by Crippen LogP contribution is 2.64. The molecule has 1 fully saturated rings. The van der Waals surface area contributed by atoms with Gasteiger partial charge in [-0.2, -0.15) is 0 Å². The molecule has 0 spiro atoms. The van der Waals surface area contributed by atoms with Gasteiger partial charge >= 0.3 is 5.97 Å². The lowest BCUT2D eigenvalue weighted by Gasteiger charge is -2.51. The molecule has 1 N–H and O–H groups in total. The van der Waals surface area contributed by atoms with Gasteiger partial charge in [-0.05, 0) is 46.5 Å². The lowest BCUT2D eigenvalue weighted by atomic mass is 9.47. The van der Waals surface area contributed by atoms with Gasteiger partial charge in [-0.1, -0.05) is 48.5 Å². The number of hydrogen-bond acceptors (Lipinski definition) is 3. The Kier molecular flexibility index (Phi) is 3.41. The molecular formula is C25H16FNO4. The van der Waals surface area contributed by atoms with Crippen molar-refractivity contribution >= 4 is 23.5 Å². The number of aliphatic carboxylic acids is 1. The smallest absolute Gasteiger partial charge is 0.319 e. The van der Waals surface area contributed by atoms with Crippen molar-refractivity contribution in [3.05, 3.63) is 101 Å². The molecule has 6 heteroatoms. The SMILES string of the molecule is O=C1[C@@H]2C3c4ccccc4C(C(=O)O)(c4ccccc43)[C@H]2C(=O)N1c1ccc(F)cc1. The molecule has 3 aliphatic carbocycles. The number of anilines is 1. The number of nitrogens with zero attached hydrogens (tertiary/aromatic N) is 1. The van der Waals surface area contributed by atoms with E-state index in [4.69, 9.17) is 0 Å². The van der Waals surface area contributed by atoms with Crippen molar-refractivity contribution in [1.29, 1.82) is 0 Å². The Balaban J connectivity index is 1.67. The van der Waals surface area contributed by atoms with Gasteiger partial charge in [0, 0.05) is 5.92 Å². The maximum atomic E-state index is 13.7. The van der Waals surface area contributed by atoms with E-state index >= 15 is 0 Å². The van der Waals surface area contributed by atoms with E-state index in [0.717, 1.165) is 16.0 Å². The molecule has 0 radical (unpaired) electrons. The van der Waals surface area contributed by atoms with Crippen molar-refractivity contribution < 1.29 is 23.9 Å². The Hall–Kier alpha value is -3.80. The zero-order valence-electron chi connectivity index (χ0n) is 16.2. The fourth-order valence-electron chi connectivity index (χ4n) is 5.98. The molecule has 0 aromatic heterocycles. The summed E-state index contributed by atoms with van der Waals surface area (Å²) in [4.78, 5) is 41.4. The van der Waals surface area contributed by atoms with E-state index < -0.39 is 46.8 Å². The quantitative estimate of drug-likeness (QED) is 0.653. The Morgan fingerprint density at radius 3 is 1.94 bits per heavy atom. The van der Waals surface area contributed by atoms with Crippen molar-refractivity contribution in [3.8, 4) is 0 Å². The molecule has 152 valence electrons. The minimum atomic E-state index is -1.66. The average molecular weight is 413 g/mol. The van der Waals surface area contributed by atoms with Crippen molar-refractivity contribution in [1.82, 2.24) is 0 Å². The molecule has 1 heterocycles. The van der Waals surface area contributed by atoms with Crippen LogP contribution in [0.25, 0.3) is 0 Å². The summed E-state index contributed by atoms with van der Waals surface area (Å²) >= 11 is 0. The van der Waals surface area contributed by atoms with Gasteiger partial charge in [0.05, 0.1) is 17.5 Å². The van der Waals surface area contributed by atoms with E-state index in [1.807, 2.05) is 24.3 Å². The number of benzene rings is 3. The summed E-state index contributed by atoms with van der Waals surface area (Å²) < 4.78 is 13.5. The summed E-state index contributed by atoms with van der Waals surface area (Å²) in [5, 5.41) is 10.6. The molecule has 1 saturated heterocycles. The van der Waals surface area contributed by atoms with Gasteiger partial charge in [0.15, 0.2) is 0 Å². The highest BCUT2D eigenvalue weighted by Gasteiger charge is 2.71. The van der Waals surface area contributed by atoms with Crippen LogP contribution in [0.3, 0.4) is 0 Å². The molecule has 1 aliphatic heterocycles. The van der Waals surface area contributed by atoms with Crippen LogP contribution in [0.4, 0.5) is 10.1 Å². The normalized spacial score (nSPS) is 27.6. The lowest BCUT2D eigenvalue weighted by molar-refractivity contribution is -0.149. The minimum Gasteiger partial charge on any atom is -0.480 e. The van der Waals surface area contributed by atoms with Crippen LogP contribution in [0.15, 0.2) is 72.8 Å². The van der Waals surface area contributed by atoms with Gasteiger partial charge < -0.3 is 5.11 Å². The van der Waals surface area contributed by atoms with E-state index in [0.29, 0.717) is 11.1 Å². The molecule has 31 heavy (non-hydrogen) atoms. The van der Waals surface area contributed by atoms with Crippen molar-refractivity contribution in [2.24, 2.45) is 11.8 Å². The number of halogens is 1. The van der Waals surface area contributed by atoms with E-state index in [-0.39, 0.29) is 5.69 Å². The molecule has 4 aliphatic rings. The second-order valence-electron chi connectivity index (χ2n) is 8.26. The van der Waals surface area contributed by atoms with Crippen LogP contribution in [-0.4, -0.2) is 22.9 Å². The van der Waals surface area contributed by atoms with Gasteiger partial charge in [-0.3, -0.25) is 14.4 Å². The lowest BCUT2D eigenvalue weighted by Crippen LogP contribution is -2.57. The van der Waals surface area contributed by atoms with E-state index in [9.17, 15) is 23.9 Å². The third-order valence-corrected chi connectivity index (χ3v) is 7.04. The first-order chi connectivity index (χ1) is 15.0.